The number of carbonyl (C=O) groups excluding carboxylic acids is 1. The number of hydrogen-bond acceptors (Lipinski definition) is 4. The van der Waals surface area contributed by atoms with Gasteiger partial charge in [0.2, 0.25) is 5.91 Å². The molecule has 8 heteroatoms. The van der Waals surface area contributed by atoms with Crippen LogP contribution in [0.3, 0.4) is 0 Å². The SMILES string of the molecule is CNC(=O)Cn1c(SCC(=O)O)nc2cc(F)c(C)cc21. The van der Waals surface area contributed by atoms with Crippen LogP contribution in [0.2, 0.25) is 0 Å². The van der Waals surface area contributed by atoms with E-state index in [1.807, 2.05) is 0 Å². The highest BCUT2D eigenvalue weighted by atomic mass is 32.2. The number of halogens is 1. The summed E-state index contributed by atoms with van der Waals surface area (Å²) in [4.78, 5) is 26.5. The molecule has 0 aliphatic carbocycles. The molecule has 1 amide bonds. The van der Waals surface area contributed by atoms with E-state index >= 15 is 0 Å². The molecule has 0 aliphatic heterocycles. The first kappa shape index (κ1) is 15.3. The van der Waals surface area contributed by atoms with Gasteiger partial charge < -0.3 is 15.0 Å². The molecule has 2 aromatic rings. The fraction of sp³-hybridized carbons (Fsp3) is 0.308. The van der Waals surface area contributed by atoms with E-state index in [4.69, 9.17) is 5.11 Å². The molecule has 1 aromatic heterocycles. The fourth-order valence-electron chi connectivity index (χ4n) is 1.84. The van der Waals surface area contributed by atoms with Gasteiger partial charge in [-0.2, -0.15) is 0 Å². The molecular weight excluding hydrogens is 297 g/mol. The first-order chi connectivity index (χ1) is 9.92. The van der Waals surface area contributed by atoms with Crippen LogP contribution in [0.25, 0.3) is 11.0 Å². The standard InChI is InChI=1S/C13H14FN3O3S/c1-7-3-10-9(4-8(7)14)16-13(21-6-12(19)20)17(10)5-11(18)15-2/h3-4H,5-6H2,1-2H3,(H,15,18)(H,19,20). The minimum Gasteiger partial charge on any atom is -0.481 e. The number of thioether (sulfide) groups is 1. The van der Waals surface area contributed by atoms with Crippen molar-refractivity contribution < 1.29 is 19.1 Å². The van der Waals surface area contributed by atoms with Gasteiger partial charge in [0.1, 0.15) is 12.4 Å². The molecule has 0 spiro atoms. The number of likely N-dealkylation sites (N-methyl/N-ethyl adjacent to an activating group) is 1. The summed E-state index contributed by atoms with van der Waals surface area (Å²) in [6.45, 7) is 1.62. The first-order valence-corrected chi connectivity index (χ1v) is 7.12. The Morgan fingerprint density at radius 1 is 1.48 bits per heavy atom. The zero-order valence-corrected chi connectivity index (χ0v) is 12.3. The van der Waals surface area contributed by atoms with E-state index in [0.717, 1.165) is 11.8 Å². The van der Waals surface area contributed by atoms with Crippen LogP contribution >= 0.6 is 11.8 Å². The van der Waals surface area contributed by atoms with Crippen LogP contribution in [0.1, 0.15) is 5.56 Å². The van der Waals surface area contributed by atoms with Crippen LogP contribution < -0.4 is 5.32 Å². The molecule has 0 bridgehead atoms. The lowest BCUT2D eigenvalue weighted by molar-refractivity contribution is -0.133. The number of carbonyl (C=O) groups is 2. The maximum atomic E-state index is 13.6. The summed E-state index contributed by atoms with van der Waals surface area (Å²) in [5, 5.41) is 11.6. The fourth-order valence-corrected chi connectivity index (χ4v) is 2.57. The zero-order valence-electron chi connectivity index (χ0n) is 11.5. The lowest BCUT2D eigenvalue weighted by Crippen LogP contribution is -2.23. The third-order valence-corrected chi connectivity index (χ3v) is 3.86. The number of amides is 1. The van der Waals surface area contributed by atoms with E-state index in [1.165, 1.54) is 13.1 Å². The van der Waals surface area contributed by atoms with Crippen molar-refractivity contribution in [3.05, 3.63) is 23.5 Å². The minimum absolute atomic E-state index is 0.0000246. The van der Waals surface area contributed by atoms with Gasteiger partial charge in [0.15, 0.2) is 5.16 Å². The van der Waals surface area contributed by atoms with Crippen molar-refractivity contribution in [2.75, 3.05) is 12.8 Å². The average molecular weight is 311 g/mol. The summed E-state index contributed by atoms with van der Waals surface area (Å²) in [7, 11) is 1.51. The Hall–Kier alpha value is -2.09. The van der Waals surface area contributed by atoms with Crippen LogP contribution in [0.4, 0.5) is 4.39 Å². The van der Waals surface area contributed by atoms with Crippen LogP contribution in [-0.2, 0) is 16.1 Å². The van der Waals surface area contributed by atoms with Gasteiger partial charge in [-0.15, -0.1) is 0 Å². The number of aryl methyl sites for hydroxylation is 1. The maximum Gasteiger partial charge on any atom is 0.313 e. The second-order valence-electron chi connectivity index (χ2n) is 4.43. The van der Waals surface area contributed by atoms with Crippen molar-refractivity contribution in [1.82, 2.24) is 14.9 Å². The van der Waals surface area contributed by atoms with E-state index < -0.39 is 5.97 Å². The van der Waals surface area contributed by atoms with E-state index in [9.17, 15) is 14.0 Å². The van der Waals surface area contributed by atoms with Gasteiger partial charge in [0.05, 0.1) is 16.8 Å². The predicted octanol–water partition coefficient (Wildman–Crippen LogP) is 1.41. The zero-order chi connectivity index (χ0) is 15.6. The van der Waals surface area contributed by atoms with Gasteiger partial charge in [0, 0.05) is 13.1 Å². The smallest absolute Gasteiger partial charge is 0.313 e. The van der Waals surface area contributed by atoms with Crippen molar-refractivity contribution in [3.8, 4) is 0 Å². The summed E-state index contributed by atoms with van der Waals surface area (Å²) in [6.07, 6.45) is 0. The Kier molecular flexibility index (Phi) is 4.46. The molecule has 0 atom stereocenters. The molecule has 0 unspecified atom stereocenters. The summed E-state index contributed by atoms with van der Waals surface area (Å²) in [5.41, 5.74) is 1.44. The molecule has 2 rings (SSSR count). The van der Waals surface area contributed by atoms with E-state index in [1.54, 1.807) is 17.6 Å². The molecule has 6 nitrogen and oxygen atoms in total. The highest BCUT2D eigenvalue weighted by Gasteiger charge is 2.16. The number of benzene rings is 1. The molecule has 1 aromatic carbocycles. The number of hydrogen-bond donors (Lipinski definition) is 2. The van der Waals surface area contributed by atoms with Gasteiger partial charge in [-0.05, 0) is 18.6 Å². The molecule has 0 aliphatic rings. The lowest BCUT2D eigenvalue weighted by Gasteiger charge is -2.07. The molecular formula is C13H14FN3O3S. The van der Waals surface area contributed by atoms with Crippen LogP contribution in [0.15, 0.2) is 17.3 Å². The van der Waals surface area contributed by atoms with E-state index in [-0.39, 0.29) is 24.0 Å². The van der Waals surface area contributed by atoms with E-state index in [0.29, 0.717) is 21.8 Å². The van der Waals surface area contributed by atoms with Gasteiger partial charge in [-0.1, -0.05) is 11.8 Å². The first-order valence-electron chi connectivity index (χ1n) is 6.14. The second kappa shape index (κ2) is 6.13. The monoisotopic (exact) mass is 311 g/mol. The highest BCUT2D eigenvalue weighted by molar-refractivity contribution is 7.99. The van der Waals surface area contributed by atoms with Gasteiger partial charge >= 0.3 is 5.97 Å². The van der Waals surface area contributed by atoms with Gasteiger partial charge in [0.25, 0.3) is 0 Å². The third-order valence-electron chi connectivity index (χ3n) is 2.90. The molecule has 0 saturated heterocycles. The number of carboxylic acid groups (broad SMARTS) is 1. The molecule has 1 heterocycles. The summed E-state index contributed by atoms with van der Waals surface area (Å²) in [6, 6.07) is 2.89. The van der Waals surface area contributed by atoms with Crippen molar-refractivity contribution in [3.63, 3.8) is 0 Å². The van der Waals surface area contributed by atoms with Crippen molar-refractivity contribution in [1.29, 1.82) is 0 Å². The van der Waals surface area contributed by atoms with Gasteiger partial charge in [-0.3, -0.25) is 9.59 Å². The van der Waals surface area contributed by atoms with Crippen molar-refractivity contribution in [2.45, 2.75) is 18.6 Å². The summed E-state index contributed by atoms with van der Waals surface area (Å²) >= 11 is 0.995. The molecule has 21 heavy (non-hydrogen) atoms. The molecule has 0 saturated carbocycles. The topological polar surface area (TPSA) is 84.2 Å². The second-order valence-corrected chi connectivity index (χ2v) is 5.37. The number of imidazole rings is 1. The number of aromatic nitrogens is 2. The van der Waals surface area contributed by atoms with Gasteiger partial charge in [-0.25, -0.2) is 9.37 Å². The van der Waals surface area contributed by atoms with Crippen molar-refractivity contribution >= 4 is 34.7 Å². The average Bonchev–Trinajstić information content (AvgIpc) is 2.74. The minimum atomic E-state index is -0.985. The summed E-state index contributed by atoms with van der Waals surface area (Å²) < 4.78 is 15.2. The lowest BCUT2D eigenvalue weighted by atomic mass is 10.2. The highest BCUT2D eigenvalue weighted by Crippen LogP contribution is 2.26. The Morgan fingerprint density at radius 3 is 2.81 bits per heavy atom. The Balaban J connectivity index is 2.51. The molecule has 0 fully saturated rings. The number of carboxylic acids is 1. The third kappa shape index (κ3) is 3.33. The summed E-state index contributed by atoms with van der Waals surface area (Å²) in [5.74, 6) is -1.80. The number of aliphatic carboxylic acids is 1. The number of nitrogens with one attached hydrogen (secondary N) is 1. The van der Waals surface area contributed by atoms with Crippen LogP contribution in [0.5, 0.6) is 0 Å². The van der Waals surface area contributed by atoms with E-state index in [2.05, 4.69) is 10.3 Å². The molecule has 2 N–H and O–H groups in total. The number of nitrogens with zero attached hydrogens (tertiary/aromatic N) is 2. The molecule has 0 radical (unpaired) electrons. The van der Waals surface area contributed by atoms with Crippen LogP contribution in [0, 0.1) is 12.7 Å². The number of fused-ring (bicyclic) bond motifs is 1. The largest absolute Gasteiger partial charge is 0.481 e. The normalized spacial score (nSPS) is 10.8. The molecule has 112 valence electrons. The Morgan fingerprint density at radius 2 is 2.19 bits per heavy atom. The maximum absolute atomic E-state index is 13.6. The van der Waals surface area contributed by atoms with Crippen LogP contribution in [-0.4, -0.2) is 39.3 Å². The Bertz CT molecular complexity index is 714. The number of rotatable bonds is 5. The predicted molar refractivity (Wildman–Crippen MR) is 76.9 cm³/mol. The van der Waals surface area contributed by atoms with Crippen molar-refractivity contribution in [2.24, 2.45) is 0 Å². The Labute approximate surface area is 124 Å². The quantitative estimate of drug-likeness (QED) is 0.816.